The SMILES string of the molecule is CC(C)(C)[NH-].CC[SiH2].Cl.Cl.[C-]1=CC=CC1.[CH3-].[CH3-].[CH3-].[CH3-].[Ti]. The van der Waals surface area contributed by atoms with Gasteiger partial charge in [-0.15, -0.1) is 36.8 Å². The molecule has 0 heterocycles. The zero-order valence-electron chi connectivity index (χ0n) is 14.7. The predicted molar refractivity (Wildman–Crippen MR) is 105 cm³/mol. The van der Waals surface area contributed by atoms with E-state index in [2.05, 4.69) is 19.1 Å². The van der Waals surface area contributed by atoms with E-state index >= 15 is 0 Å². The first kappa shape index (κ1) is 58.4. The summed E-state index contributed by atoms with van der Waals surface area (Å²) in [5.74, 6) is 0. The van der Waals surface area contributed by atoms with Gasteiger partial charge in [0.1, 0.15) is 0 Å². The van der Waals surface area contributed by atoms with E-state index in [0.29, 0.717) is 0 Å². The molecule has 0 aromatic heterocycles. The van der Waals surface area contributed by atoms with Gasteiger partial charge in [-0.05, 0) is 0 Å². The maximum absolute atomic E-state index is 6.94. The molecular formula is C15H36Cl2NSiTi-6. The summed E-state index contributed by atoms with van der Waals surface area (Å²) in [4.78, 5) is 0. The standard InChI is InChI=1S/C5H5.C4H10N.C2H7Si.4CH3.2ClH.Ti/c1-2-4-5-3-1;1-4(2,3)5;1-2-3;;;;;;;/h1-3H,4H2;5H,1-3H3;2-3H2,1H3;4*1H3;2*1H;/q2*-1;;4*-1;;;. The van der Waals surface area contributed by atoms with Crippen LogP contribution in [0.2, 0.25) is 6.04 Å². The van der Waals surface area contributed by atoms with Crippen molar-refractivity contribution >= 4 is 35.1 Å². The molecule has 0 fully saturated rings. The van der Waals surface area contributed by atoms with Gasteiger partial charge in [0.25, 0.3) is 0 Å². The second kappa shape index (κ2) is 42.7. The van der Waals surface area contributed by atoms with Gasteiger partial charge in [0, 0.05) is 32.0 Å². The minimum absolute atomic E-state index is 0. The summed E-state index contributed by atoms with van der Waals surface area (Å²) in [5, 5.41) is 0. The Morgan fingerprint density at radius 3 is 1.40 bits per heavy atom. The predicted octanol–water partition coefficient (Wildman–Crippen LogP) is 5.84. The normalized spacial score (nSPS) is 8.30. The van der Waals surface area contributed by atoms with Crippen LogP contribution in [0.5, 0.6) is 0 Å². The van der Waals surface area contributed by atoms with Crippen molar-refractivity contribution in [1.82, 2.24) is 0 Å². The van der Waals surface area contributed by atoms with E-state index in [1.165, 1.54) is 6.04 Å². The first-order valence-electron chi connectivity index (χ1n) is 4.67. The molecule has 1 aliphatic carbocycles. The van der Waals surface area contributed by atoms with Gasteiger partial charge in [0.05, 0.1) is 0 Å². The summed E-state index contributed by atoms with van der Waals surface area (Å²) in [5.41, 5.74) is 6.69. The second-order valence-corrected chi connectivity index (χ2v) is 4.75. The van der Waals surface area contributed by atoms with E-state index in [0.717, 1.165) is 6.42 Å². The van der Waals surface area contributed by atoms with Gasteiger partial charge in [0.15, 0.2) is 0 Å². The fourth-order valence-corrected chi connectivity index (χ4v) is 0.340. The van der Waals surface area contributed by atoms with Crippen molar-refractivity contribution in [2.75, 3.05) is 0 Å². The summed E-state index contributed by atoms with van der Waals surface area (Å²) in [7, 11) is 1.97. The Hall–Kier alpha value is 0.951. The number of hydrogen-bond acceptors (Lipinski definition) is 0. The minimum Gasteiger partial charge on any atom is -0.673 e. The Balaban J connectivity index is -0.0000000113. The molecule has 0 saturated heterocycles. The van der Waals surface area contributed by atoms with E-state index in [4.69, 9.17) is 5.73 Å². The van der Waals surface area contributed by atoms with Crippen LogP contribution in [0.15, 0.2) is 18.2 Å². The Morgan fingerprint density at radius 1 is 1.10 bits per heavy atom. The molecule has 0 aromatic carbocycles. The van der Waals surface area contributed by atoms with E-state index in [1.807, 2.05) is 43.2 Å². The molecule has 0 atom stereocenters. The molecule has 1 nitrogen and oxygen atoms in total. The van der Waals surface area contributed by atoms with Crippen LogP contribution in [0, 0.1) is 35.8 Å². The first-order chi connectivity index (χ1) is 5.91. The zero-order valence-corrected chi connectivity index (χ0v) is 19.3. The molecule has 0 bridgehead atoms. The first-order valence-corrected chi connectivity index (χ1v) is 5.67. The van der Waals surface area contributed by atoms with E-state index < -0.39 is 0 Å². The molecule has 0 spiro atoms. The third kappa shape index (κ3) is 172. The Labute approximate surface area is 161 Å². The van der Waals surface area contributed by atoms with Crippen LogP contribution in [-0.2, 0) is 21.7 Å². The summed E-state index contributed by atoms with van der Waals surface area (Å²) < 4.78 is 0. The van der Waals surface area contributed by atoms with Crippen LogP contribution in [0.1, 0.15) is 34.1 Å². The van der Waals surface area contributed by atoms with Crippen molar-refractivity contribution in [2.45, 2.75) is 45.7 Å². The topological polar surface area (TPSA) is 23.8 Å². The molecule has 1 N–H and O–H groups in total. The Morgan fingerprint density at radius 2 is 1.35 bits per heavy atom. The molecule has 0 saturated carbocycles. The third-order valence-corrected chi connectivity index (χ3v) is 0.586. The summed E-state index contributed by atoms with van der Waals surface area (Å²) >= 11 is 0. The van der Waals surface area contributed by atoms with Gasteiger partial charge >= 0.3 is 0 Å². The van der Waals surface area contributed by atoms with Crippen LogP contribution in [-0.4, -0.2) is 15.8 Å². The zero-order chi connectivity index (χ0) is 10.7. The fraction of sp³-hybridized carbons (Fsp3) is 0.467. The van der Waals surface area contributed by atoms with Crippen LogP contribution in [0.4, 0.5) is 0 Å². The van der Waals surface area contributed by atoms with Gasteiger partial charge in [-0.25, -0.2) is 12.2 Å². The average Bonchev–Trinajstić information content (AvgIpc) is 2.36. The van der Waals surface area contributed by atoms with Crippen molar-refractivity contribution in [3.8, 4) is 0 Å². The van der Waals surface area contributed by atoms with E-state index in [1.54, 1.807) is 0 Å². The number of rotatable bonds is 0. The summed E-state index contributed by atoms with van der Waals surface area (Å²) in [6, 6.07) is 1.28. The van der Waals surface area contributed by atoms with Gasteiger partial charge < -0.3 is 35.4 Å². The molecule has 5 heteroatoms. The summed E-state index contributed by atoms with van der Waals surface area (Å²) in [6.45, 7) is 7.70. The van der Waals surface area contributed by atoms with Gasteiger partial charge in [-0.2, -0.15) is 6.08 Å². The van der Waals surface area contributed by atoms with Crippen molar-refractivity contribution in [2.24, 2.45) is 0 Å². The molecule has 0 unspecified atom stereocenters. The molecular weight excluding hydrogens is 341 g/mol. The largest absolute Gasteiger partial charge is 0.673 e. The minimum atomic E-state index is -0.250. The monoisotopic (exact) mass is 376 g/mol. The quantitative estimate of drug-likeness (QED) is 0.374. The summed E-state index contributed by atoms with van der Waals surface area (Å²) in [6.07, 6.45) is 10.0. The van der Waals surface area contributed by atoms with Crippen molar-refractivity contribution in [3.05, 3.63) is 59.7 Å². The molecule has 1 radical (unpaired) electrons. The number of hydrogen-bond donors (Lipinski definition) is 0. The molecule has 0 amide bonds. The van der Waals surface area contributed by atoms with E-state index in [9.17, 15) is 0 Å². The third-order valence-electron chi connectivity index (χ3n) is 0.586. The molecule has 0 aromatic rings. The maximum atomic E-state index is 6.94. The molecule has 20 heavy (non-hydrogen) atoms. The number of allylic oxidation sites excluding steroid dienone is 4. The maximum Gasteiger partial charge on any atom is 0.00761 e. The van der Waals surface area contributed by atoms with E-state index in [-0.39, 0.29) is 81.8 Å². The van der Waals surface area contributed by atoms with Crippen LogP contribution in [0.25, 0.3) is 5.73 Å². The smallest absolute Gasteiger partial charge is 0.00761 e. The second-order valence-electron chi connectivity index (χ2n) is 3.75. The van der Waals surface area contributed by atoms with Gasteiger partial charge in [-0.1, -0.05) is 33.7 Å². The van der Waals surface area contributed by atoms with Crippen LogP contribution >= 0.6 is 24.8 Å². The van der Waals surface area contributed by atoms with Crippen LogP contribution in [0.3, 0.4) is 0 Å². The molecule has 1 aliphatic rings. The average molecular weight is 377 g/mol. The van der Waals surface area contributed by atoms with Gasteiger partial charge in [0.2, 0.25) is 0 Å². The molecule has 0 aliphatic heterocycles. The Kier molecular flexibility index (Phi) is 125. The fourth-order valence-electron chi connectivity index (χ4n) is 0.340. The van der Waals surface area contributed by atoms with Gasteiger partial charge in [-0.3, -0.25) is 6.08 Å². The molecule has 1 rings (SSSR count). The Bertz CT molecular complexity index is 142. The van der Waals surface area contributed by atoms with Crippen molar-refractivity contribution < 1.29 is 21.7 Å². The van der Waals surface area contributed by atoms with Crippen molar-refractivity contribution in [3.63, 3.8) is 0 Å². The number of halogens is 2. The van der Waals surface area contributed by atoms with Crippen molar-refractivity contribution in [1.29, 1.82) is 0 Å². The number of nitrogens with one attached hydrogen (secondary N) is 1. The molecule has 129 valence electrons. The van der Waals surface area contributed by atoms with Crippen LogP contribution < -0.4 is 0 Å².